The van der Waals surface area contributed by atoms with Gasteiger partial charge in [-0.3, -0.25) is 0 Å². The molecule has 1 aromatic carbocycles. The van der Waals surface area contributed by atoms with Crippen molar-refractivity contribution in [3.63, 3.8) is 0 Å². The van der Waals surface area contributed by atoms with Crippen LogP contribution in [0.3, 0.4) is 0 Å². The first-order valence-electron chi connectivity index (χ1n) is 8.75. The molecule has 2 aromatic rings. The van der Waals surface area contributed by atoms with E-state index in [9.17, 15) is 0 Å². The molecule has 0 amide bonds. The first-order valence-corrected chi connectivity index (χ1v) is 8.75. The second-order valence-corrected chi connectivity index (χ2v) is 6.25. The fourth-order valence-electron chi connectivity index (χ4n) is 2.90. The molecule has 1 saturated heterocycles. The fourth-order valence-corrected chi connectivity index (χ4v) is 2.90. The summed E-state index contributed by atoms with van der Waals surface area (Å²) < 4.78 is 8.26. The van der Waals surface area contributed by atoms with Crippen molar-refractivity contribution in [3.8, 4) is 5.75 Å². The number of hydrogen-bond donors (Lipinski definition) is 0. The lowest BCUT2D eigenvalue weighted by Gasteiger charge is -2.18. The van der Waals surface area contributed by atoms with E-state index in [2.05, 4.69) is 44.9 Å². The van der Waals surface area contributed by atoms with Gasteiger partial charge in [0.25, 0.3) is 0 Å². The van der Waals surface area contributed by atoms with Crippen molar-refractivity contribution in [1.82, 2.24) is 4.98 Å². The Bertz CT molecular complexity index is 650. The molecule has 4 nitrogen and oxygen atoms in total. The van der Waals surface area contributed by atoms with Crippen molar-refractivity contribution in [1.29, 1.82) is 0 Å². The molecule has 3 rings (SSSR count). The Labute approximate surface area is 156 Å². The van der Waals surface area contributed by atoms with Gasteiger partial charge >= 0.3 is 0 Å². The van der Waals surface area contributed by atoms with Gasteiger partial charge in [-0.15, -0.1) is 0 Å². The Kier molecular flexibility index (Phi) is 7.74. The van der Waals surface area contributed by atoms with E-state index < -0.39 is 0 Å². The van der Waals surface area contributed by atoms with Crippen molar-refractivity contribution in [3.05, 3.63) is 54.2 Å². The molecule has 0 bridgehead atoms. The zero-order valence-electron chi connectivity index (χ0n) is 14.8. The van der Waals surface area contributed by atoms with Gasteiger partial charge in [0.05, 0.1) is 6.54 Å². The first-order chi connectivity index (χ1) is 11.8. The van der Waals surface area contributed by atoms with Crippen LogP contribution >= 0.6 is 0 Å². The number of rotatable bonds is 6. The molecule has 1 aliphatic rings. The third kappa shape index (κ3) is 6.05. The van der Waals surface area contributed by atoms with Gasteiger partial charge in [-0.1, -0.05) is 6.07 Å². The Morgan fingerprint density at radius 3 is 2.52 bits per heavy atom. The van der Waals surface area contributed by atoms with Crippen molar-refractivity contribution >= 4 is 12.0 Å². The van der Waals surface area contributed by atoms with E-state index in [1.54, 1.807) is 0 Å². The predicted molar refractivity (Wildman–Crippen MR) is 98.5 cm³/mol. The average Bonchev–Trinajstić information content (AvgIpc) is 2.65. The highest BCUT2D eigenvalue weighted by Gasteiger charge is 2.10. The van der Waals surface area contributed by atoms with Crippen LogP contribution in [0.25, 0.3) is 0 Å². The summed E-state index contributed by atoms with van der Waals surface area (Å²) in [5.41, 5.74) is 1.25. The smallest absolute Gasteiger partial charge is 0.170 e. The molecule has 0 unspecified atom stereocenters. The average molecular weight is 360 g/mol. The van der Waals surface area contributed by atoms with Crippen LogP contribution in [-0.4, -0.2) is 49.1 Å². The van der Waals surface area contributed by atoms with Crippen molar-refractivity contribution < 1.29 is 21.7 Å². The van der Waals surface area contributed by atoms with E-state index in [1.165, 1.54) is 37.9 Å². The number of hydrogen-bond acceptors (Lipinski definition) is 3. The van der Waals surface area contributed by atoms with Crippen LogP contribution in [0.15, 0.2) is 48.7 Å². The standard InChI is InChI=1S/C20H26N3O.ClH/c1-22(20-7-3-4-12-21-20)15-16-24-19-10-8-18(9-11-19)17-23-13-5-2-6-14-23;/h3-4,7-12,17H,2,5-6,13-16H2,1H3;1H/q+1;/p-1. The molecule has 5 heteroatoms. The minimum absolute atomic E-state index is 0. The normalized spacial score (nSPS) is 13.7. The molecule has 0 aliphatic carbocycles. The third-order valence-corrected chi connectivity index (χ3v) is 4.34. The Morgan fingerprint density at radius 2 is 1.84 bits per heavy atom. The minimum atomic E-state index is 0. The molecule has 2 heterocycles. The molecule has 0 spiro atoms. The summed E-state index contributed by atoms with van der Waals surface area (Å²) in [4.78, 5) is 6.43. The number of anilines is 1. The maximum Gasteiger partial charge on any atom is 0.170 e. The van der Waals surface area contributed by atoms with Gasteiger partial charge in [-0.25, -0.2) is 9.56 Å². The van der Waals surface area contributed by atoms with Gasteiger partial charge in [0, 0.05) is 31.6 Å². The summed E-state index contributed by atoms with van der Waals surface area (Å²) in [7, 11) is 2.03. The topological polar surface area (TPSA) is 28.4 Å². The molecule has 1 aromatic heterocycles. The monoisotopic (exact) mass is 359 g/mol. The third-order valence-electron chi connectivity index (χ3n) is 4.34. The SMILES string of the molecule is CN(CCOc1ccc(C=[N+]2CCCCC2)cc1)c1ccccn1.[Cl-]. The quantitative estimate of drug-likeness (QED) is 0.691. The van der Waals surface area contributed by atoms with Crippen molar-refractivity contribution in [2.24, 2.45) is 0 Å². The maximum atomic E-state index is 5.85. The summed E-state index contributed by atoms with van der Waals surface area (Å²) in [6, 6.07) is 14.3. The lowest BCUT2D eigenvalue weighted by atomic mass is 10.1. The van der Waals surface area contributed by atoms with E-state index in [-0.39, 0.29) is 12.4 Å². The van der Waals surface area contributed by atoms with Crippen molar-refractivity contribution in [2.75, 3.05) is 38.2 Å². The van der Waals surface area contributed by atoms with Crippen LogP contribution in [-0.2, 0) is 0 Å². The van der Waals surface area contributed by atoms with E-state index in [1.807, 2.05) is 31.4 Å². The lowest BCUT2D eigenvalue weighted by molar-refractivity contribution is -0.532. The van der Waals surface area contributed by atoms with Crippen LogP contribution < -0.4 is 22.0 Å². The summed E-state index contributed by atoms with van der Waals surface area (Å²) in [6.07, 6.45) is 8.05. The molecule has 1 aliphatic heterocycles. The number of nitrogens with zero attached hydrogens (tertiary/aromatic N) is 3. The number of pyridine rings is 1. The number of ether oxygens (including phenoxy) is 1. The Morgan fingerprint density at radius 1 is 1.08 bits per heavy atom. The van der Waals surface area contributed by atoms with E-state index in [4.69, 9.17) is 4.74 Å². The number of benzene rings is 1. The molecule has 25 heavy (non-hydrogen) atoms. The lowest BCUT2D eigenvalue weighted by Crippen LogP contribution is -3.00. The second-order valence-electron chi connectivity index (χ2n) is 6.25. The zero-order chi connectivity index (χ0) is 16.6. The van der Waals surface area contributed by atoms with Gasteiger partial charge in [0.2, 0.25) is 0 Å². The second kappa shape index (κ2) is 10.0. The number of aromatic nitrogens is 1. The largest absolute Gasteiger partial charge is 1.00 e. The highest BCUT2D eigenvalue weighted by atomic mass is 35.5. The molecule has 134 valence electrons. The summed E-state index contributed by atoms with van der Waals surface area (Å²) in [5, 5.41) is 0. The number of halogens is 1. The van der Waals surface area contributed by atoms with Crippen LogP contribution in [0.5, 0.6) is 5.75 Å². The van der Waals surface area contributed by atoms with Gasteiger partial charge in [0.15, 0.2) is 6.21 Å². The summed E-state index contributed by atoms with van der Waals surface area (Å²) >= 11 is 0. The van der Waals surface area contributed by atoms with Gasteiger partial charge < -0.3 is 22.0 Å². The molecular weight excluding hydrogens is 334 g/mol. The Hall–Kier alpha value is -2.07. The van der Waals surface area contributed by atoms with Gasteiger partial charge in [-0.2, -0.15) is 0 Å². The molecule has 0 saturated carbocycles. The Balaban J connectivity index is 0.00000225. The van der Waals surface area contributed by atoms with Crippen molar-refractivity contribution in [2.45, 2.75) is 19.3 Å². The molecule has 0 atom stereocenters. The summed E-state index contributed by atoms with van der Waals surface area (Å²) in [5.74, 6) is 1.88. The molecule has 1 fully saturated rings. The van der Waals surface area contributed by atoms with Crippen LogP contribution in [0.1, 0.15) is 24.8 Å². The number of piperidine rings is 1. The molecule has 0 N–H and O–H groups in total. The van der Waals surface area contributed by atoms with Crippen LogP contribution in [0.4, 0.5) is 5.82 Å². The summed E-state index contributed by atoms with van der Waals surface area (Å²) in [6.45, 7) is 3.80. The first kappa shape index (κ1) is 19.3. The maximum absolute atomic E-state index is 5.85. The minimum Gasteiger partial charge on any atom is -1.00 e. The highest BCUT2D eigenvalue weighted by Crippen LogP contribution is 2.13. The molecular formula is C20H26ClN3O. The van der Waals surface area contributed by atoms with Gasteiger partial charge in [-0.05, 0) is 42.8 Å². The number of likely N-dealkylation sites (N-methyl/N-ethyl adjacent to an activating group) is 1. The fraction of sp³-hybridized carbons (Fsp3) is 0.400. The van der Waals surface area contributed by atoms with Gasteiger partial charge in [0.1, 0.15) is 31.3 Å². The van der Waals surface area contributed by atoms with Crippen LogP contribution in [0, 0.1) is 0 Å². The van der Waals surface area contributed by atoms with Crippen LogP contribution in [0.2, 0.25) is 0 Å². The van der Waals surface area contributed by atoms with E-state index in [0.717, 1.165) is 18.1 Å². The zero-order valence-corrected chi connectivity index (χ0v) is 15.5. The highest BCUT2D eigenvalue weighted by molar-refractivity contribution is 5.75. The van der Waals surface area contributed by atoms with E-state index in [0.29, 0.717) is 6.61 Å². The molecule has 0 radical (unpaired) electrons. The van der Waals surface area contributed by atoms with E-state index >= 15 is 0 Å². The predicted octanol–water partition coefficient (Wildman–Crippen LogP) is 0.216.